The monoisotopic (exact) mass is 394 g/mol. The Bertz CT molecular complexity index is 1150. The van der Waals surface area contributed by atoms with Gasteiger partial charge in [-0.05, 0) is 29.8 Å². The maximum atomic E-state index is 12.5. The molecule has 0 aliphatic carbocycles. The molecule has 0 fully saturated rings. The number of aromatic hydroxyl groups is 1. The number of amides is 1. The molecule has 0 spiro atoms. The van der Waals surface area contributed by atoms with E-state index >= 15 is 0 Å². The summed E-state index contributed by atoms with van der Waals surface area (Å²) < 4.78 is 9.93. The number of ether oxygens (including phenoxy) is 1. The van der Waals surface area contributed by atoms with E-state index in [0.717, 1.165) is 6.08 Å². The highest BCUT2D eigenvalue weighted by Gasteiger charge is 2.19. The summed E-state index contributed by atoms with van der Waals surface area (Å²) in [4.78, 5) is 40.5. The molecule has 0 aliphatic heterocycles. The van der Waals surface area contributed by atoms with Crippen LogP contribution in [0.3, 0.4) is 0 Å². The summed E-state index contributed by atoms with van der Waals surface area (Å²) in [6.07, 6.45) is 5.28. The van der Waals surface area contributed by atoms with Gasteiger partial charge in [-0.15, -0.1) is 0 Å². The Morgan fingerprint density at radius 2 is 2.14 bits per heavy atom. The molecule has 3 rings (SSSR count). The summed E-state index contributed by atoms with van der Waals surface area (Å²) in [5, 5.41) is 13.2. The number of nitrogens with one attached hydrogen (secondary N) is 1. The predicted octanol–water partition coefficient (Wildman–Crippen LogP) is 2.17. The van der Waals surface area contributed by atoms with Crippen LogP contribution in [0.5, 0.6) is 5.75 Å². The number of methoxy groups -OCH3 is 1. The van der Waals surface area contributed by atoms with Gasteiger partial charge >= 0.3 is 5.63 Å². The van der Waals surface area contributed by atoms with E-state index in [1.165, 1.54) is 24.5 Å². The lowest BCUT2D eigenvalue weighted by molar-refractivity contribution is 0.0936. The normalized spacial score (nSPS) is 11.1. The Labute approximate surface area is 165 Å². The van der Waals surface area contributed by atoms with Crippen LogP contribution < -0.4 is 10.9 Å². The first-order valence-electron chi connectivity index (χ1n) is 8.70. The number of ketones is 1. The largest absolute Gasteiger partial charge is 0.506 e. The molecular weight excluding hydrogens is 376 g/mol. The second kappa shape index (κ2) is 8.94. The second-order valence-corrected chi connectivity index (χ2v) is 6.06. The minimum absolute atomic E-state index is 0.0858. The van der Waals surface area contributed by atoms with E-state index in [4.69, 9.17) is 9.15 Å². The first-order chi connectivity index (χ1) is 14.0. The smallest absolute Gasteiger partial charge is 0.351 e. The van der Waals surface area contributed by atoms with Gasteiger partial charge in [0, 0.05) is 25.4 Å². The summed E-state index contributed by atoms with van der Waals surface area (Å²) in [6.45, 7) is 0.772. The fraction of sp³-hybridized carbons (Fsp3) is 0.143. The molecule has 3 aromatic rings. The predicted molar refractivity (Wildman–Crippen MR) is 106 cm³/mol. The molecule has 2 N–H and O–H groups in total. The van der Waals surface area contributed by atoms with Crippen LogP contribution in [-0.2, 0) is 4.74 Å². The fourth-order valence-electron chi connectivity index (χ4n) is 2.66. The van der Waals surface area contributed by atoms with Gasteiger partial charge in [0.2, 0.25) is 0 Å². The van der Waals surface area contributed by atoms with E-state index in [9.17, 15) is 19.5 Å². The maximum Gasteiger partial charge on any atom is 0.351 e. The molecule has 0 radical (unpaired) electrons. The molecule has 8 heteroatoms. The lowest BCUT2D eigenvalue weighted by Crippen LogP contribution is -2.26. The van der Waals surface area contributed by atoms with E-state index in [-0.39, 0.29) is 16.9 Å². The Kier molecular flexibility index (Phi) is 6.16. The van der Waals surface area contributed by atoms with Gasteiger partial charge in [-0.25, -0.2) is 4.79 Å². The molecule has 0 unspecified atom stereocenters. The van der Waals surface area contributed by atoms with Crippen molar-refractivity contribution in [2.45, 2.75) is 0 Å². The number of allylic oxidation sites excluding steroid dienone is 1. The Morgan fingerprint density at radius 3 is 2.93 bits per heavy atom. The van der Waals surface area contributed by atoms with Gasteiger partial charge in [0.25, 0.3) is 5.91 Å². The molecular formula is C21H18N2O6. The highest BCUT2D eigenvalue weighted by Crippen LogP contribution is 2.25. The Morgan fingerprint density at radius 1 is 1.31 bits per heavy atom. The average Bonchev–Trinajstić information content (AvgIpc) is 2.72. The SMILES string of the molecule is COCCNC(=O)c1cccc(/C=C/C(=O)c2c(O)c3ccncc3oc2=O)c1. The standard InChI is InChI=1S/C21H18N2O6/c1-28-10-9-23-20(26)14-4-2-3-13(11-14)5-6-16(24)18-19(25)15-7-8-22-12-17(15)29-21(18)27/h2-8,11-12,25H,9-10H2,1H3,(H,23,26)/b6-5+. The molecule has 2 heterocycles. The zero-order valence-electron chi connectivity index (χ0n) is 15.5. The fourth-order valence-corrected chi connectivity index (χ4v) is 2.66. The molecule has 1 amide bonds. The van der Waals surface area contributed by atoms with E-state index in [2.05, 4.69) is 10.3 Å². The van der Waals surface area contributed by atoms with E-state index in [0.29, 0.717) is 24.3 Å². The van der Waals surface area contributed by atoms with Crippen LogP contribution >= 0.6 is 0 Å². The maximum absolute atomic E-state index is 12.5. The molecule has 2 aromatic heterocycles. The molecule has 0 aliphatic rings. The minimum atomic E-state index is -0.955. The topological polar surface area (TPSA) is 119 Å². The van der Waals surface area contributed by atoms with Gasteiger partial charge in [0.15, 0.2) is 11.4 Å². The van der Waals surface area contributed by atoms with Gasteiger partial charge in [-0.3, -0.25) is 14.6 Å². The van der Waals surface area contributed by atoms with Crippen LogP contribution in [-0.4, -0.2) is 42.0 Å². The zero-order valence-corrected chi connectivity index (χ0v) is 15.5. The number of benzene rings is 1. The molecule has 1 aromatic carbocycles. The van der Waals surface area contributed by atoms with Crippen molar-refractivity contribution < 1.29 is 23.8 Å². The number of carbonyl (C=O) groups is 2. The molecule has 148 valence electrons. The zero-order chi connectivity index (χ0) is 20.8. The van der Waals surface area contributed by atoms with E-state index < -0.39 is 22.7 Å². The van der Waals surface area contributed by atoms with Gasteiger partial charge in [-0.2, -0.15) is 0 Å². The van der Waals surface area contributed by atoms with Crippen LogP contribution in [0.4, 0.5) is 0 Å². The van der Waals surface area contributed by atoms with Crippen molar-refractivity contribution in [3.63, 3.8) is 0 Å². The Hall–Kier alpha value is -3.78. The van der Waals surface area contributed by atoms with Crippen LogP contribution in [0.1, 0.15) is 26.3 Å². The molecule has 0 saturated carbocycles. The van der Waals surface area contributed by atoms with Crippen molar-refractivity contribution in [3.8, 4) is 5.75 Å². The number of hydrogen-bond acceptors (Lipinski definition) is 7. The van der Waals surface area contributed by atoms with Crippen LogP contribution in [0.2, 0.25) is 0 Å². The molecule has 0 saturated heterocycles. The third-order valence-electron chi connectivity index (χ3n) is 4.10. The van der Waals surface area contributed by atoms with Crippen LogP contribution in [0, 0.1) is 0 Å². The first kappa shape index (κ1) is 20.0. The first-order valence-corrected chi connectivity index (χ1v) is 8.70. The molecule has 0 atom stereocenters. The van der Waals surface area contributed by atoms with Crippen molar-refractivity contribution in [2.24, 2.45) is 0 Å². The number of hydrogen-bond donors (Lipinski definition) is 2. The van der Waals surface area contributed by atoms with Gasteiger partial charge in [0.1, 0.15) is 11.3 Å². The van der Waals surface area contributed by atoms with E-state index in [1.54, 1.807) is 31.4 Å². The quantitative estimate of drug-likeness (QED) is 0.358. The van der Waals surface area contributed by atoms with Crippen LogP contribution in [0.25, 0.3) is 17.0 Å². The van der Waals surface area contributed by atoms with Gasteiger partial charge in [-0.1, -0.05) is 18.2 Å². The Balaban J connectivity index is 1.83. The number of aromatic nitrogens is 1. The van der Waals surface area contributed by atoms with Gasteiger partial charge < -0.3 is 19.6 Å². The highest BCUT2D eigenvalue weighted by atomic mass is 16.5. The van der Waals surface area contributed by atoms with Crippen molar-refractivity contribution in [2.75, 3.05) is 20.3 Å². The summed E-state index contributed by atoms with van der Waals surface area (Å²) >= 11 is 0. The van der Waals surface area contributed by atoms with Crippen molar-refractivity contribution in [3.05, 3.63) is 75.9 Å². The number of pyridine rings is 1. The molecule has 0 bridgehead atoms. The summed E-state index contributed by atoms with van der Waals surface area (Å²) in [5.74, 6) is -1.45. The molecule has 8 nitrogen and oxygen atoms in total. The summed E-state index contributed by atoms with van der Waals surface area (Å²) in [7, 11) is 1.54. The molecule has 29 heavy (non-hydrogen) atoms. The van der Waals surface area contributed by atoms with Crippen molar-refractivity contribution >= 4 is 28.7 Å². The number of carbonyl (C=O) groups excluding carboxylic acids is 2. The number of fused-ring (bicyclic) bond motifs is 1. The third kappa shape index (κ3) is 4.56. The number of nitrogens with zero attached hydrogens (tertiary/aromatic N) is 1. The van der Waals surface area contributed by atoms with Crippen molar-refractivity contribution in [1.82, 2.24) is 10.3 Å². The third-order valence-corrected chi connectivity index (χ3v) is 4.10. The van der Waals surface area contributed by atoms with Crippen LogP contribution in [0.15, 0.2) is 58.0 Å². The highest BCUT2D eigenvalue weighted by molar-refractivity contribution is 6.10. The average molecular weight is 394 g/mol. The van der Waals surface area contributed by atoms with E-state index in [1.807, 2.05) is 0 Å². The lowest BCUT2D eigenvalue weighted by Gasteiger charge is -2.05. The second-order valence-electron chi connectivity index (χ2n) is 6.06. The summed E-state index contributed by atoms with van der Waals surface area (Å²) in [6, 6.07) is 8.05. The minimum Gasteiger partial charge on any atom is -0.506 e. The van der Waals surface area contributed by atoms with Crippen molar-refractivity contribution in [1.29, 1.82) is 0 Å². The lowest BCUT2D eigenvalue weighted by atomic mass is 10.1. The summed E-state index contributed by atoms with van der Waals surface area (Å²) in [5.41, 5.74) is -0.345. The van der Waals surface area contributed by atoms with Gasteiger partial charge in [0.05, 0.1) is 18.2 Å². The number of rotatable bonds is 7.